The number of aliphatic hydroxyl groups is 1. The standard InChI is InChI=1S/C17H28N2O4S/c1-14(2)24(21,22)19-10-9-17(20,13-19)12-18(3)11-15-5-7-16(23-4)8-6-15/h5-8,14,20H,9-13H2,1-4H3. The van der Waals surface area contributed by atoms with Crippen molar-refractivity contribution in [3.8, 4) is 5.75 Å². The number of rotatable bonds is 7. The molecular formula is C17H28N2O4S. The fraction of sp³-hybridized carbons (Fsp3) is 0.647. The van der Waals surface area contributed by atoms with Gasteiger partial charge in [-0.25, -0.2) is 8.42 Å². The minimum atomic E-state index is -3.31. The number of hydrogen-bond acceptors (Lipinski definition) is 5. The summed E-state index contributed by atoms with van der Waals surface area (Å²) < 4.78 is 31.1. The van der Waals surface area contributed by atoms with E-state index in [4.69, 9.17) is 4.74 Å². The lowest BCUT2D eigenvalue weighted by molar-refractivity contribution is 0.0219. The number of likely N-dealkylation sites (N-methyl/N-ethyl adjacent to an activating group) is 1. The van der Waals surface area contributed by atoms with Crippen LogP contribution < -0.4 is 4.74 Å². The summed E-state index contributed by atoms with van der Waals surface area (Å²) in [6.07, 6.45) is 0.464. The summed E-state index contributed by atoms with van der Waals surface area (Å²) in [7, 11) is 0.256. The van der Waals surface area contributed by atoms with Crippen molar-refractivity contribution >= 4 is 10.0 Å². The van der Waals surface area contributed by atoms with Crippen LogP contribution >= 0.6 is 0 Å². The Bertz CT molecular complexity index is 645. The number of methoxy groups -OCH3 is 1. The van der Waals surface area contributed by atoms with Gasteiger partial charge in [-0.3, -0.25) is 4.90 Å². The van der Waals surface area contributed by atoms with Gasteiger partial charge in [0.2, 0.25) is 10.0 Å². The smallest absolute Gasteiger partial charge is 0.216 e. The second kappa shape index (κ2) is 7.39. The van der Waals surface area contributed by atoms with Gasteiger partial charge in [-0.05, 0) is 45.0 Å². The Hall–Kier alpha value is -1.15. The Kier molecular flexibility index (Phi) is 5.91. The van der Waals surface area contributed by atoms with E-state index in [1.807, 2.05) is 36.2 Å². The molecule has 0 aliphatic carbocycles. The average molecular weight is 356 g/mol. The molecular weight excluding hydrogens is 328 g/mol. The van der Waals surface area contributed by atoms with Crippen molar-refractivity contribution in [2.75, 3.05) is 33.8 Å². The lowest BCUT2D eigenvalue weighted by Crippen LogP contribution is -2.45. The van der Waals surface area contributed by atoms with Crippen molar-refractivity contribution in [3.05, 3.63) is 29.8 Å². The molecule has 1 aliphatic rings. The van der Waals surface area contributed by atoms with Crippen LogP contribution in [0.5, 0.6) is 5.75 Å². The molecule has 0 radical (unpaired) electrons. The molecule has 1 fully saturated rings. The number of hydrogen-bond donors (Lipinski definition) is 1. The predicted octanol–water partition coefficient (Wildman–Crippen LogP) is 1.30. The third-order valence-electron chi connectivity index (χ3n) is 4.43. The van der Waals surface area contributed by atoms with Crippen LogP contribution in [-0.2, 0) is 16.6 Å². The molecule has 24 heavy (non-hydrogen) atoms. The topological polar surface area (TPSA) is 70.1 Å². The van der Waals surface area contributed by atoms with E-state index in [9.17, 15) is 13.5 Å². The van der Waals surface area contributed by atoms with E-state index in [1.165, 1.54) is 4.31 Å². The van der Waals surface area contributed by atoms with Gasteiger partial charge in [0.25, 0.3) is 0 Å². The molecule has 0 spiro atoms. The second-order valence-corrected chi connectivity index (χ2v) is 9.41. The van der Waals surface area contributed by atoms with Crippen LogP contribution in [0.3, 0.4) is 0 Å². The molecule has 7 heteroatoms. The Morgan fingerprint density at radius 2 is 1.96 bits per heavy atom. The summed E-state index contributed by atoms with van der Waals surface area (Å²) in [6.45, 7) is 5.01. The lowest BCUT2D eigenvalue weighted by Gasteiger charge is -2.29. The molecule has 1 heterocycles. The quantitative estimate of drug-likeness (QED) is 0.797. The first-order valence-electron chi connectivity index (χ1n) is 8.19. The van der Waals surface area contributed by atoms with Crippen LogP contribution in [-0.4, -0.2) is 67.4 Å². The van der Waals surface area contributed by atoms with Crippen molar-refractivity contribution in [2.45, 2.75) is 37.7 Å². The predicted molar refractivity (Wildman–Crippen MR) is 94.5 cm³/mol. The van der Waals surface area contributed by atoms with Gasteiger partial charge >= 0.3 is 0 Å². The van der Waals surface area contributed by atoms with Crippen LogP contribution in [0.4, 0.5) is 0 Å². The van der Waals surface area contributed by atoms with Crippen molar-refractivity contribution in [1.82, 2.24) is 9.21 Å². The SMILES string of the molecule is COc1ccc(CN(C)CC2(O)CCN(S(=O)(=O)C(C)C)C2)cc1. The van der Waals surface area contributed by atoms with E-state index in [1.54, 1.807) is 21.0 Å². The lowest BCUT2D eigenvalue weighted by atomic mass is 10.0. The van der Waals surface area contributed by atoms with Crippen LogP contribution in [0.2, 0.25) is 0 Å². The fourth-order valence-corrected chi connectivity index (χ4v) is 4.43. The van der Waals surface area contributed by atoms with Gasteiger partial charge in [-0.2, -0.15) is 4.31 Å². The maximum Gasteiger partial charge on any atom is 0.216 e. The highest BCUT2D eigenvalue weighted by Gasteiger charge is 2.42. The summed E-state index contributed by atoms with van der Waals surface area (Å²) in [6, 6.07) is 7.79. The van der Waals surface area contributed by atoms with E-state index in [0.717, 1.165) is 11.3 Å². The minimum absolute atomic E-state index is 0.167. The van der Waals surface area contributed by atoms with Crippen molar-refractivity contribution in [2.24, 2.45) is 0 Å². The largest absolute Gasteiger partial charge is 0.497 e. The monoisotopic (exact) mass is 356 g/mol. The highest BCUT2D eigenvalue weighted by molar-refractivity contribution is 7.89. The van der Waals surface area contributed by atoms with Crippen LogP contribution in [0, 0.1) is 0 Å². The average Bonchev–Trinajstić information content (AvgIpc) is 2.90. The summed E-state index contributed by atoms with van der Waals surface area (Å²) in [5, 5.41) is 10.3. The Morgan fingerprint density at radius 1 is 1.33 bits per heavy atom. The Balaban J connectivity index is 1.94. The zero-order chi connectivity index (χ0) is 18.0. The van der Waals surface area contributed by atoms with Gasteiger partial charge in [-0.1, -0.05) is 12.1 Å². The van der Waals surface area contributed by atoms with Crippen LogP contribution in [0.25, 0.3) is 0 Å². The number of ether oxygens (including phenoxy) is 1. The Morgan fingerprint density at radius 3 is 2.50 bits per heavy atom. The third-order valence-corrected chi connectivity index (χ3v) is 6.65. The molecule has 0 bridgehead atoms. The molecule has 1 aliphatic heterocycles. The molecule has 1 atom stereocenters. The van der Waals surface area contributed by atoms with Gasteiger partial charge in [0, 0.05) is 26.2 Å². The van der Waals surface area contributed by atoms with Crippen LogP contribution in [0.1, 0.15) is 25.8 Å². The first-order chi connectivity index (χ1) is 11.2. The molecule has 2 rings (SSSR count). The molecule has 1 unspecified atom stereocenters. The highest BCUT2D eigenvalue weighted by Crippen LogP contribution is 2.26. The van der Waals surface area contributed by atoms with Crippen molar-refractivity contribution in [1.29, 1.82) is 0 Å². The molecule has 0 saturated carbocycles. The van der Waals surface area contributed by atoms with E-state index >= 15 is 0 Å². The van der Waals surface area contributed by atoms with E-state index in [0.29, 0.717) is 26.1 Å². The van der Waals surface area contributed by atoms with Gasteiger partial charge < -0.3 is 9.84 Å². The summed E-state index contributed by atoms with van der Waals surface area (Å²) >= 11 is 0. The summed E-state index contributed by atoms with van der Waals surface area (Å²) in [4.78, 5) is 2.02. The number of sulfonamides is 1. The maximum absolute atomic E-state index is 12.2. The Labute approximate surface area is 145 Å². The third kappa shape index (κ3) is 4.47. The van der Waals surface area contributed by atoms with Gasteiger partial charge in [0.1, 0.15) is 5.75 Å². The van der Waals surface area contributed by atoms with E-state index < -0.39 is 20.9 Å². The molecule has 1 saturated heterocycles. The molecule has 0 aromatic heterocycles. The molecule has 0 amide bonds. The summed E-state index contributed by atoms with van der Waals surface area (Å²) in [5.74, 6) is 0.811. The molecule has 6 nitrogen and oxygen atoms in total. The number of β-amino-alcohol motifs (C(OH)–C–C–N with tert-alkyl or cyclic N) is 1. The van der Waals surface area contributed by atoms with Crippen molar-refractivity contribution < 1.29 is 18.3 Å². The maximum atomic E-state index is 12.2. The van der Waals surface area contributed by atoms with Crippen LogP contribution in [0.15, 0.2) is 24.3 Å². The normalized spacial score (nSPS) is 22.5. The number of benzene rings is 1. The van der Waals surface area contributed by atoms with Gasteiger partial charge in [0.15, 0.2) is 0 Å². The fourth-order valence-electron chi connectivity index (χ4n) is 3.06. The van der Waals surface area contributed by atoms with E-state index in [-0.39, 0.29) is 6.54 Å². The molecule has 1 N–H and O–H groups in total. The minimum Gasteiger partial charge on any atom is -0.497 e. The zero-order valence-corrected chi connectivity index (χ0v) is 15.7. The van der Waals surface area contributed by atoms with E-state index in [2.05, 4.69) is 0 Å². The molecule has 136 valence electrons. The van der Waals surface area contributed by atoms with Crippen molar-refractivity contribution in [3.63, 3.8) is 0 Å². The molecule has 1 aromatic carbocycles. The molecule has 1 aromatic rings. The summed E-state index contributed by atoms with van der Waals surface area (Å²) in [5.41, 5.74) is 0.120. The first kappa shape index (κ1) is 19.2. The van der Waals surface area contributed by atoms with Gasteiger partial charge in [0.05, 0.1) is 18.0 Å². The highest BCUT2D eigenvalue weighted by atomic mass is 32.2. The zero-order valence-electron chi connectivity index (χ0n) is 14.9. The first-order valence-corrected chi connectivity index (χ1v) is 9.69. The number of nitrogens with zero attached hydrogens (tertiary/aromatic N) is 2. The van der Waals surface area contributed by atoms with Gasteiger partial charge in [-0.15, -0.1) is 0 Å². The second-order valence-electron chi connectivity index (χ2n) is 6.92.